The zero-order chi connectivity index (χ0) is 48.8. The van der Waals surface area contributed by atoms with Crippen LogP contribution in [-0.2, 0) is 51.9 Å². The van der Waals surface area contributed by atoms with Gasteiger partial charge >= 0.3 is 36.6 Å². The number of carboxylic acids is 1. The second kappa shape index (κ2) is 20.3. The van der Waals surface area contributed by atoms with E-state index in [2.05, 4.69) is 10.6 Å². The maximum atomic E-state index is 13.1. The number of carbonyl (C=O) groups is 4. The second-order valence-corrected chi connectivity index (χ2v) is 15.1. The van der Waals surface area contributed by atoms with Gasteiger partial charge in [0.1, 0.15) is 0 Å². The van der Waals surface area contributed by atoms with Gasteiger partial charge in [0.15, 0.2) is 0 Å². The number of nitrogens with one attached hydrogen (secondary N) is 2. The average molecular weight is 943 g/mol. The molecule has 66 heavy (non-hydrogen) atoms. The Balaban J connectivity index is 0.000000248. The lowest BCUT2D eigenvalue weighted by molar-refractivity contribution is -0.144. The van der Waals surface area contributed by atoms with Crippen LogP contribution >= 0.6 is 0 Å². The first kappa shape index (κ1) is 50.4. The van der Waals surface area contributed by atoms with Gasteiger partial charge in [0.2, 0.25) is 0 Å². The number of hydrogen-bond donors (Lipinski definition) is 3. The Hall–Kier alpha value is -6.60. The number of aliphatic carboxylic acids is 1. The first-order valence-corrected chi connectivity index (χ1v) is 19.9. The Morgan fingerprint density at radius 1 is 0.576 bits per heavy atom. The number of halogens is 12. The molecule has 0 fully saturated rings. The van der Waals surface area contributed by atoms with Crippen molar-refractivity contribution in [1.82, 2.24) is 10.6 Å². The summed E-state index contributed by atoms with van der Waals surface area (Å²) in [6.07, 6.45) is -11.5. The first-order chi connectivity index (χ1) is 30.7. The predicted molar refractivity (Wildman–Crippen MR) is 214 cm³/mol. The molecule has 4 aromatic rings. The van der Waals surface area contributed by atoms with Crippen LogP contribution in [0.3, 0.4) is 0 Å². The van der Waals surface area contributed by atoms with Crippen molar-refractivity contribution in [3.63, 3.8) is 0 Å². The van der Waals surface area contributed by atoms with Crippen LogP contribution in [0.25, 0.3) is 12.2 Å². The van der Waals surface area contributed by atoms with Crippen molar-refractivity contribution in [2.75, 3.05) is 6.61 Å². The third-order valence-electron chi connectivity index (χ3n) is 10.4. The number of hydrogen-bond acceptors (Lipinski definition) is 5. The summed E-state index contributed by atoms with van der Waals surface area (Å²) >= 11 is 0. The molecule has 0 saturated heterocycles. The van der Waals surface area contributed by atoms with Crippen molar-refractivity contribution in [3.8, 4) is 0 Å². The van der Waals surface area contributed by atoms with Crippen LogP contribution in [0.15, 0.2) is 84.9 Å². The van der Waals surface area contributed by atoms with Gasteiger partial charge in [0.05, 0.1) is 40.9 Å². The summed E-state index contributed by atoms with van der Waals surface area (Å²) in [5, 5.41) is 13.8. The molecule has 3 N–H and O–H groups in total. The van der Waals surface area contributed by atoms with Gasteiger partial charge in [-0.2, -0.15) is 52.7 Å². The van der Waals surface area contributed by atoms with Gasteiger partial charge in [-0.3, -0.25) is 9.59 Å². The van der Waals surface area contributed by atoms with Crippen LogP contribution in [0.1, 0.15) is 121 Å². The molecule has 0 spiro atoms. The van der Waals surface area contributed by atoms with Crippen molar-refractivity contribution in [3.05, 3.63) is 152 Å². The van der Waals surface area contributed by atoms with Gasteiger partial charge in [0, 0.05) is 23.3 Å². The minimum Gasteiger partial charge on any atom is -0.478 e. The molecule has 20 heteroatoms. The highest BCUT2D eigenvalue weighted by molar-refractivity contribution is 5.96. The SMILES string of the molecule is CCOC(=O)/C=C/c1ccc2c(c1)CCCC2NC(=O)c1cc(C(F)(F)F)cc(C(F)(F)F)c1.O=C(O)/C=C/c1ccc2c(c1)CCCC2NC(=O)c1cc(C(F)(F)F)cc(C(F)(F)F)c1. The summed E-state index contributed by atoms with van der Waals surface area (Å²) in [7, 11) is 0. The maximum absolute atomic E-state index is 13.1. The fourth-order valence-electron chi connectivity index (χ4n) is 7.35. The average Bonchev–Trinajstić information content (AvgIpc) is 3.23. The molecule has 0 radical (unpaired) electrons. The molecule has 0 saturated carbocycles. The fraction of sp³-hybridized carbons (Fsp3) is 0.304. The molecular weight excluding hydrogens is 904 g/mol. The molecule has 2 aliphatic carbocycles. The lowest BCUT2D eigenvalue weighted by atomic mass is 9.86. The molecule has 6 rings (SSSR count). The van der Waals surface area contributed by atoms with Gasteiger partial charge in [-0.1, -0.05) is 36.4 Å². The van der Waals surface area contributed by atoms with E-state index in [9.17, 15) is 71.9 Å². The minimum absolute atomic E-state index is 0.0158. The van der Waals surface area contributed by atoms with Crippen molar-refractivity contribution >= 4 is 35.9 Å². The number of esters is 1. The van der Waals surface area contributed by atoms with E-state index < -0.39 is 93.9 Å². The van der Waals surface area contributed by atoms with E-state index in [1.165, 1.54) is 12.2 Å². The van der Waals surface area contributed by atoms with Crippen molar-refractivity contribution in [2.24, 2.45) is 0 Å². The summed E-state index contributed by atoms with van der Waals surface area (Å²) in [6.45, 7) is 1.92. The third kappa shape index (κ3) is 13.5. The van der Waals surface area contributed by atoms with Crippen molar-refractivity contribution in [1.29, 1.82) is 0 Å². The van der Waals surface area contributed by atoms with Crippen molar-refractivity contribution < 1.29 is 81.7 Å². The smallest absolute Gasteiger partial charge is 0.416 e. The molecule has 2 amide bonds. The number of benzene rings is 4. The summed E-state index contributed by atoms with van der Waals surface area (Å²) in [5.41, 5.74) is -3.26. The number of rotatable bonds is 9. The molecule has 0 aromatic heterocycles. The fourth-order valence-corrected chi connectivity index (χ4v) is 7.35. The Kier molecular flexibility index (Phi) is 15.5. The standard InChI is InChI=1S/C24H21F6NO3.C22H17F6NO3/c1-2-34-21(32)9-7-14-6-8-19-15(10-14)4-3-5-20(19)31-22(33)16-11-17(23(25,26)27)13-18(12-16)24(28,29)30;23-21(24,25)15-9-14(10-16(11-15)22(26,27)28)20(32)29-18-3-1-2-13-8-12(4-6-17(13)18)5-7-19(30)31/h6-13,20H,2-5H2,1H3,(H,31,33);4-11,18H,1-3H2,(H,29,32)(H,30,31)/b9-7+;7-5+. The van der Waals surface area contributed by atoms with Gasteiger partial charge in [-0.25, -0.2) is 9.59 Å². The molecule has 0 aliphatic heterocycles. The number of carboxylic acid groups (broad SMARTS) is 1. The molecule has 2 aliphatic rings. The highest BCUT2D eigenvalue weighted by Gasteiger charge is 2.39. The number of amides is 2. The summed E-state index contributed by atoms with van der Waals surface area (Å²) < 4.78 is 162. The lowest BCUT2D eigenvalue weighted by Crippen LogP contribution is -2.31. The van der Waals surface area contributed by atoms with Gasteiger partial charge in [-0.15, -0.1) is 0 Å². The van der Waals surface area contributed by atoms with E-state index in [1.807, 2.05) is 6.07 Å². The topological polar surface area (TPSA) is 122 Å². The van der Waals surface area contributed by atoms with Crippen LogP contribution in [-0.4, -0.2) is 35.5 Å². The van der Waals surface area contributed by atoms with Crippen molar-refractivity contribution in [2.45, 2.75) is 82.2 Å². The van der Waals surface area contributed by atoms with E-state index in [0.29, 0.717) is 79.5 Å². The maximum Gasteiger partial charge on any atom is 0.416 e. The van der Waals surface area contributed by atoms with Gasteiger partial charge in [0.25, 0.3) is 11.8 Å². The summed E-state index contributed by atoms with van der Waals surface area (Å²) in [6, 6.07) is 10.6. The molecule has 4 aromatic carbocycles. The number of aryl methyl sites for hydroxylation is 2. The molecule has 2 unspecified atom stereocenters. The van der Waals surface area contributed by atoms with Gasteiger partial charge in [-0.05, 0) is 127 Å². The number of ether oxygens (including phenoxy) is 1. The zero-order valence-corrected chi connectivity index (χ0v) is 34.4. The second-order valence-electron chi connectivity index (χ2n) is 15.1. The molecule has 0 heterocycles. The molecule has 8 nitrogen and oxygen atoms in total. The quantitative estimate of drug-likeness (QED) is 0.0873. The van der Waals surface area contributed by atoms with Crippen LogP contribution in [0.5, 0.6) is 0 Å². The van der Waals surface area contributed by atoms with Crippen LogP contribution in [0.2, 0.25) is 0 Å². The monoisotopic (exact) mass is 942 g/mol. The van der Waals surface area contributed by atoms with Gasteiger partial charge < -0.3 is 20.5 Å². The van der Waals surface area contributed by atoms with Crippen LogP contribution < -0.4 is 10.6 Å². The zero-order valence-electron chi connectivity index (χ0n) is 34.4. The lowest BCUT2D eigenvalue weighted by Gasteiger charge is -2.27. The highest BCUT2D eigenvalue weighted by atomic mass is 19.4. The number of fused-ring (bicyclic) bond motifs is 2. The highest BCUT2D eigenvalue weighted by Crippen LogP contribution is 2.39. The summed E-state index contributed by atoms with van der Waals surface area (Å²) in [4.78, 5) is 47.4. The largest absolute Gasteiger partial charge is 0.478 e. The molecular formula is C46H38F12N2O6. The van der Waals surface area contributed by atoms with Crippen LogP contribution in [0, 0.1) is 0 Å². The van der Waals surface area contributed by atoms with E-state index >= 15 is 0 Å². The molecule has 352 valence electrons. The van der Waals surface area contributed by atoms with E-state index in [-0.39, 0.29) is 18.7 Å². The van der Waals surface area contributed by atoms with E-state index in [0.717, 1.165) is 22.8 Å². The molecule has 0 bridgehead atoms. The van der Waals surface area contributed by atoms with E-state index in [1.54, 1.807) is 43.3 Å². The van der Waals surface area contributed by atoms with E-state index in [4.69, 9.17) is 9.84 Å². The first-order valence-electron chi connectivity index (χ1n) is 19.9. The number of alkyl halides is 12. The third-order valence-corrected chi connectivity index (χ3v) is 10.4. The summed E-state index contributed by atoms with van der Waals surface area (Å²) in [5.74, 6) is -3.69. The Bertz CT molecular complexity index is 2460. The predicted octanol–water partition coefficient (Wildman–Crippen LogP) is 11.7. The number of carbonyl (C=O) groups excluding carboxylic acids is 3. The van der Waals surface area contributed by atoms with Crippen LogP contribution in [0.4, 0.5) is 52.7 Å². The Morgan fingerprint density at radius 3 is 1.27 bits per heavy atom. The molecule has 2 atom stereocenters. The minimum atomic E-state index is -5.05. The Labute approximate surface area is 368 Å². The normalized spacial score (nSPS) is 16.4. The Morgan fingerprint density at radius 2 is 0.939 bits per heavy atom.